The van der Waals surface area contributed by atoms with Crippen molar-refractivity contribution in [2.45, 2.75) is 43.9 Å². The van der Waals surface area contributed by atoms with E-state index in [9.17, 15) is 8.42 Å². The summed E-state index contributed by atoms with van der Waals surface area (Å²) in [5, 5.41) is 9.11. The smallest absolute Gasteiger partial charge is 0.262 e. The van der Waals surface area contributed by atoms with Crippen molar-refractivity contribution in [3.05, 3.63) is 30.6 Å². The molecule has 2 aromatic heterocycles. The van der Waals surface area contributed by atoms with Crippen LogP contribution in [-0.2, 0) is 10.0 Å². The Bertz CT molecular complexity index is 918. The maximum absolute atomic E-state index is 12.9. The highest BCUT2D eigenvalue weighted by Crippen LogP contribution is 2.23. The van der Waals surface area contributed by atoms with Crippen LogP contribution in [0.4, 0.5) is 0 Å². The van der Waals surface area contributed by atoms with E-state index < -0.39 is 16.1 Å². The molecule has 0 N–H and O–H groups in total. The van der Waals surface area contributed by atoms with Crippen LogP contribution in [-0.4, -0.2) is 51.4 Å². The van der Waals surface area contributed by atoms with Crippen molar-refractivity contribution in [1.29, 1.82) is 5.26 Å². The normalized spacial score (nSPS) is 18.6. The average Bonchev–Trinajstić information content (AvgIpc) is 3.14. The zero-order valence-electron chi connectivity index (χ0n) is 14.6. The van der Waals surface area contributed by atoms with Gasteiger partial charge in [0.1, 0.15) is 12.2 Å². The van der Waals surface area contributed by atoms with Gasteiger partial charge in [-0.3, -0.25) is 0 Å². The van der Waals surface area contributed by atoms with Gasteiger partial charge in [-0.2, -0.15) is 9.57 Å². The largest absolute Gasteiger partial charge is 0.471 e. The van der Waals surface area contributed by atoms with Gasteiger partial charge in [-0.1, -0.05) is 0 Å². The molecule has 1 aliphatic heterocycles. The summed E-state index contributed by atoms with van der Waals surface area (Å²) in [5.41, 5.74) is 0.0863. The van der Waals surface area contributed by atoms with E-state index in [2.05, 4.69) is 15.0 Å². The minimum absolute atomic E-state index is 0.0315. The summed E-state index contributed by atoms with van der Waals surface area (Å²) >= 11 is 0. The lowest BCUT2D eigenvalue weighted by Crippen LogP contribution is -2.44. The molecule has 26 heavy (non-hydrogen) atoms. The third kappa shape index (κ3) is 3.68. The minimum atomic E-state index is -3.70. The van der Waals surface area contributed by atoms with Crippen molar-refractivity contribution in [3.8, 4) is 11.9 Å². The fourth-order valence-electron chi connectivity index (χ4n) is 2.73. The van der Waals surface area contributed by atoms with Crippen LogP contribution < -0.4 is 4.74 Å². The lowest BCUT2D eigenvalue weighted by atomic mass is 10.1. The summed E-state index contributed by atoms with van der Waals surface area (Å²) in [6, 6.07) is 2.05. The first kappa shape index (κ1) is 18.3. The van der Waals surface area contributed by atoms with Crippen molar-refractivity contribution in [1.82, 2.24) is 23.8 Å². The van der Waals surface area contributed by atoms with E-state index >= 15 is 0 Å². The second-order valence-corrected chi connectivity index (χ2v) is 8.20. The van der Waals surface area contributed by atoms with Crippen LogP contribution in [0.15, 0.2) is 29.9 Å². The standard InChI is InChI=1S/C16H20N6O3S/c1-12(2)21-10-15(20-11-21)26(23,24)22-7-3-4-13(9-22)25-16-14(8-17)18-5-6-19-16/h5-6,10-13H,3-4,7,9H2,1-2H3/t13-/m1/s1. The lowest BCUT2D eigenvalue weighted by Gasteiger charge is -2.31. The van der Waals surface area contributed by atoms with E-state index in [-0.39, 0.29) is 29.2 Å². The van der Waals surface area contributed by atoms with E-state index in [1.807, 2.05) is 19.9 Å². The Kier molecular flexibility index (Phi) is 5.20. The molecule has 3 rings (SSSR count). The number of nitrogens with zero attached hydrogens (tertiary/aromatic N) is 6. The molecule has 9 nitrogen and oxygen atoms in total. The highest BCUT2D eigenvalue weighted by atomic mass is 32.2. The molecule has 0 saturated carbocycles. The lowest BCUT2D eigenvalue weighted by molar-refractivity contribution is 0.123. The first-order chi connectivity index (χ1) is 12.4. The third-order valence-electron chi connectivity index (χ3n) is 4.17. The molecule has 3 heterocycles. The van der Waals surface area contributed by atoms with Crippen LogP contribution in [0.5, 0.6) is 5.88 Å². The molecular weight excluding hydrogens is 356 g/mol. The first-order valence-electron chi connectivity index (χ1n) is 8.33. The summed E-state index contributed by atoms with van der Waals surface area (Å²) < 4.78 is 34.6. The van der Waals surface area contributed by atoms with E-state index in [1.165, 1.54) is 23.0 Å². The number of hydrogen-bond donors (Lipinski definition) is 0. The van der Waals surface area contributed by atoms with Crippen molar-refractivity contribution < 1.29 is 13.2 Å². The topological polar surface area (TPSA) is 114 Å². The number of aromatic nitrogens is 4. The molecule has 1 atom stereocenters. The SMILES string of the molecule is CC(C)n1cnc(S(=O)(=O)N2CCC[C@@H](Oc3nccnc3C#N)C2)c1. The number of hydrogen-bond acceptors (Lipinski definition) is 7. The highest BCUT2D eigenvalue weighted by molar-refractivity contribution is 7.89. The van der Waals surface area contributed by atoms with Crippen LogP contribution in [0.3, 0.4) is 0 Å². The summed E-state index contributed by atoms with van der Waals surface area (Å²) in [7, 11) is -3.70. The zero-order valence-corrected chi connectivity index (χ0v) is 15.4. The van der Waals surface area contributed by atoms with Gasteiger partial charge in [0.15, 0.2) is 5.03 Å². The van der Waals surface area contributed by atoms with Gasteiger partial charge in [-0.15, -0.1) is 0 Å². The second kappa shape index (κ2) is 7.39. The van der Waals surface area contributed by atoms with Gasteiger partial charge >= 0.3 is 0 Å². The molecule has 0 aromatic carbocycles. The molecule has 0 amide bonds. The summed E-state index contributed by atoms with van der Waals surface area (Å²) in [6.45, 7) is 4.49. The molecule has 0 spiro atoms. The summed E-state index contributed by atoms with van der Waals surface area (Å²) in [6.07, 6.45) is 6.84. The van der Waals surface area contributed by atoms with Crippen LogP contribution in [0, 0.1) is 11.3 Å². The van der Waals surface area contributed by atoms with E-state index in [1.54, 1.807) is 10.8 Å². The summed E-state index contributed by atoms with van der Waals surface area (Å²) in [4.78, 5) is 12.0. The Balaban J connectivity index is 1.76. The monoisotopic (exact) mass is 376 g/mol. The van der Waals surface area contributed by atoms with Crippen molar-refractivity contribution in [3.63, 3.8) is 0 Å². The molecule has 0 aliphatic carbocycles. The molecule has 1 aliphatic rings. The van der Waals surface area contributed by atoms with E-state index in [0.717, 1.165) is 0 Å². The predicted molar refractivity (Wildman–Crippen MR) is 91.8 cm³/mol. The van der Waals surface area contributed by atoms with Crippen molar-refractivity contribution in [2.75, 3.05) is 13.1 Å². The van der Waals surface area contributed by atoms with Crippen LogP contribution in [0.1, 0.15) is 38.4 Å². The van der Waals surface area contributed by atoms with Gasteiger partial charge in [0.05, 0.1) is 12.9 Å². The Morgan fingerprint density at radius 1 is 1.31 bits per heavy atom. The number of imidazole rings is 1. The minimum Gasteiger partial charge on any atom is -0.471 e. The van der Waals surface area contributed by atoms with Crippen LogP contribution in [0.2, 0.25) is 0 Å². The van der Waals surface area contributed by atoms with Crippen LogP contribution in [0.25, 0.3) is 0 Å². The molecule has 10 heteroatoms. The van der Waals surface area contributed by atoms with Gasteiger partial charge in [-0.25, -0.2) is 23.4 Å². The van der Waals surface area contributed by atoms with Crippen LogP contribution >= 0.6 is 0 Å². The highest BCUT2D eigenvalue weighted by Gasteiger charge is 2.33. The molecular formula is C16H20N6O3S. The Morgan fingerprint density at radius 3 is 2.77 bits per heavy atom. The second-order valence-electron chi connectivity index (χ2n) is 6.32. The number of sulfonamides is 1. The van der Waals surface area contributed by atoms with Gasteiger partial charge in [0.2, 0.25) is 5.69 Å². The van der Waals surface area contributed by atoms with E-state index in [0.29, 0.717) is 19.4 Å². The van der Waals surface area contributed by atoms with Crippen molar-refractivity contribution in [2.24, 2.45) is 0 Å². The van der Waals surface area contributed by atoms with Gasteiger partial charge in [-0.05, 0) is 26.7 Å². The predicted octanol–water partition coefficient (Wildman–Crippen LogP) is 1.36. The fraction of sp³-hybridized carbons (Fsp3) is 0.500. The maximum atomic E-state index is 12.9. The Hall–Kier alpha value is -2.51. The number of rotatable bonds is 5. The van der Waals surface area contributed by atoms with Crippen molar-refractivity contribution >= 4 is 10.0 Å². The van der Waals surface area contributed by atoms with Gasteiger partial charge in [0, 0.05) is 31.2 Å². The Labute approximate surface area is 152 Å². The molecule has 1 saturated heterocycles. The molecule has 0 bridgehead atoms. The maximum Gasteiger partial charge on any atom is 0.262 e. The molecule has 1 fully saturated rings. The van der Waals surface area contributed by atoms with Gasteiger partial charge in [0.25, 0.3) is 15.9 Å². The van der Waals surface area contributed by atoms with E-state index in [4.69, 9.17) is 10.00 Å². The quantitative estimate of drug-likeness (QED) is 0.774. The molecule has 2 aromatic rings. The average molecular weight is 376 g/mol. The molecule has 0 radical (unpaired) electrons. The molecule has 0 unspecified atom stereocenters. The first-order valence-corrected chi connectivity index (χ1v) is 9.77. The van der Waals surface area contributed by atoms with Gasteiger partial charge < -0.3 is 9.30 Å². The number of piperidine rings is 1. The third-order valence-corrected chi connectivity index (χ3v) is 5.92. The Morgan fingerprint density at radius 2 is 2.08 bits per heavy atom. The molecule has 138 valence electrons. The number of ether oxygens (including phenoxy) is 1. The number of nitriles is 1. The zero-order chi connectivity index (χ0) is 18.7. The fourth-order valence-corrected chi connectivity index (χ4v) is 4.16. The summed E-state index contributed by atoms with van der Waals surface area (Å²) in [5.74, 6) is 0.128.